The molecule has 0 unspecified atom stereocenters. The summed E-state index contributed by atoms with van der Waals surface area (Å²) in [4.78, 5) is 49.3. The van der Waals surface area contributed by atoms with E-state index in [0.717, 1.165) is 38.5 Å². The van der Waals surface area contributed by atoms with Crippen LogP contribution >= 0.6 is 0 Å². The highest BCUT2D eigenvalue weighted by molar-refractivity contribution is 5.73. The predicted molar refractivity (Wildman–Crippen MR) is 231 cm³/mol. The summed E-state index contributed by atoms with van der Waals surface area (Å²) in [5, 5.41) is 0. The van der Waals surface area contributed by atoms with Gasteiger partial charge >= 0.3 is 0 Å². The maximum atomic E-state index is 12.9. The second-order valence-electron chi connectivity index (χ2n) is 16.2. The zero-order valence-electron chi connectivity index (χ0n) is 35.4. The Kier molecular flexibility index (Phi) is 29.1. The Morgan fingerprint density at radius 1 is 0.400 bits per heavy atom. The first kappa shape index (κ1) is 48.2. The lowest BCUT2D eigenvalue weighted by molar-refractivity contribution is 0.110. The number of hydrogen-bond donors (Lipinski definition) is 0. The quantitative estimate of drug-likeness (QED) is 0.0502. The van der Waals surface area contributed by atoms with E-state index in [4.69, 9.17) is 4.74 Å². The van der Waals surface area contributed by atoms with E-state index in [2.05, 4.69) is 13.8 Å². The summed E-state index contributed by atoms with van der Waals surface area (Å²) < 4.78 is 9.39. The van der Waals surface area contributed by atoms with Gasteiger partial charge in [0.2, 0.25) is 10.9 Å². The average molecular weight is 765 g/mol. The molecule has 2 heterocycles. The van der Waals surface area contributed by atoms with Gasteiger partial charge < -0.3 is 13.9 Å². The number of pyridine rings is 2. The van der Waals surface area contributed by atoms with Crippen LogP contribution in [0, 0.1) is 0 Å². The van der Waals surface area contributed by atoms with Crippen molar-refractivity contribution in [2.45, 2.75) is 232 Å². The summed E-state index contributed by atoms with van der Waals surface area (Å²) in [7, 11) is 0. The molecule has 7 nitrogen and oxygen atoms in total. The molecule has 0 aliphatic heterocycles. The fourth-order valence-electron chi connectivity index (χ4n) is 7.66. The average Bonchev–Trinajstić information content (AvgIpc) is 3.19. The Morgan fingerprint density at radius 3 is 0.873 bits per heavy atom. The van der Waals surface area contributed by atoms with Crippen molar-refractivity contribution in [1.82, 2.24) is 9.13 Å². The molecule has 0 aliphatic carbocycles. The number of rotatable bonds is 38. The van der Waals surface area contributed by atoms with Crippen molar-refractivity contribution in [3.8, 4) is 11.5 Å². The molecule has 0 saturated heterocycles. The van der Waals surface area contributed by atoms with Crippen LogP contribution in [-0.2, 0) is 13.1 Å². The number of nitrogens with zero attached hydrogens (tertiary/aromatic N) is 2. The molecular formula is C48H80N2O5. The Hall–Kier alpha value is -2.96. The zero-order chi connectivity index (χ0) is 39.6. The number of aromatic nitrogens is 2. The van der Waals surface area contributed by atoms with Crippen LogP contribution in [-0.4, -0.2) is 21.7 Å². The van der Waals surface area contributed by atoms with Gasteiger partial charge in [0, 0.05) is 25.2 Å². The minimum atomic E-state index is -0.450. The van der Waals surface area contributed by atoms with Crippen LogP contribution in [0.2, 0.25) is 0 Å². The van der Waals surface area contributed by atoms with E-state index in [1.807, 2.05) is 0 Å². The third-order valence-corrected chi connectivity index (χ3v) is 11.2. The van der Waals surface area contributed by atoms with Gasteiger partial charge in [-0.2, -0.15) is 0 Å². The second kappa shape index (κ2) is 33.2. The summed E-state index contributed by atoms with van der Waals surface area (Å²) >= 11 is 0. The maximum Gasteiger partial charge on any atom is 0.224 e. The van der Waals surface area contributed by atoms with Gasteiger partial charge in [-0.15, -0.1) is 0 Å². The van der Waals surface area contributed by atoms with Gasteiger partial charge in [0.05, 0.1) is 23.8 Å². The molecule has 0 N–H and O–H groups in total. The normalized spacial score (nSPS) is 11.3. The molecule has 2 aromatic heterocycles. The molecule has 2 aromatic rings. The highest BCUT2D eigenvalue weighted by Crippen LogP contribution is 2.19. The second-order valence-corrected chi connectivity index (χ2v) is 16.2. The molecule has 312 valence electrons. The van der Waals surface area contributed by atoms with E-state index < -0.39 is 10.9 Å². The number of aldehydes is 2. The van der Waals surface area contributed by atoms with Crippen LogP contribution in [0.25, 0.3) is 0 Å². The van der Waals surface area contributed by atoms with Crippen LogP contribution < -0.4 is 15.6 Å². The van der Waals surface area contributed by atoms with E-state index in [1.54, 1.807) is 21.5 Å². The first-order valence-corrected chi connectivity index (χ1v) is 23.1. The highest BCUT2D eigenvalue weighted by Gasteiger charge is 2.13. The van der Waals surface area contributed by atoms with Crippen molar-refractivity contribution in [3.63, 3.8) is 0 Å². The summed E-state index contributed by atoms with van der Waals surface area (Å²) in [5.41, 5.74) is -0.298. The van der Waals surface area contributed by atoms with Gasteiger partial charge in [-0.25, -0.2) is 0 Å². The standard InChI is InChI=1S/C48H80N2O5/c1-3-5-7-9-11-13-15-17-19-21-23-25-27-29-31-33-35-49-39-47(45(53)37-43(49)41-51)55-48-40-50(44(42-52)38-46(48)54)36-34-32-30-28-26-24-22-20-18-16-14-12-10-8-6-4-2/h37-42H,3-36H2,1-2H3. The van der Waals surface area contributed by atoms with Gasteiger partial charge in [0.25, 0.3) is 0 Å². The van der Waals surface area contributed by atoms with Crippen LogP contribution in [0.4, 0.5) is 0 Å². The Morgan fingerprint density at radius 2 is 0.636 bits per heavy atom. The molecule has 0 amide bonds. The van der Waals surface area contributed by atoms with E-state index in [0.29, 0.717) is 37.0 Å². The molecule has 2 rings (SSSR count). The Balaban J connectivity index is 1.69. The fraction of sp³-hybridized carbons (Fsp3) is 0.750. The first-order valence-electron chi connectivity index (χ1n) is 23.1. The van der Waals surface area contributed by atoms with Crippen LogP contribution in [0.15, 0.2) is 34.1 Å². The number of ether oxygens (including phenoxy) is 1. The van der Waals surface area contributed by atoms with Gasteiger partial charge in [-0.05, 0) is 12.8 Å². The van der Waals surface area contributed by atoms with Gasteiger partial charge in [-0.1, -0.05) is 206 Å². The number of unbranched alkanes of at least 4 members (excludes halogenated alkanes) is 30. The number of hydrogen-bond acceptors (Lipinski definition) is 5. The molecule has 0 radical (unpaired) electrons. The zero-order valence-corrected chi connectivity index (χ0v) is 35.4. The largest absolute Gasteiger partial charge is 0.446 e. The minimum Gasteiger partial charge on any atom is -0.446 e. The molecule has 7 heteroatoms. The van der Waals surface area contributed by atoms with Crippen molar-refractivity contribution in [2.24, 2.45) is 0 Å². The molecule has 0 atom stereocenters. The molecule has 55 heavy (non-hydrogen) atoms. The molecule has 0 aliphatic rings. The molecule has 0 spiro atoms. The number of aryl methyl sites for hydroxylation is 2. The lowest BCUT2D eigenvalue weighted by atomic mass is 10.0. The molecule has 0 bridgehead atoms. The summed E-state index contributed by atoms with van der Waals surface area (Å²) in [6, 6.07) is 2.56. The van der Waals surface area contributed by atoms with E-state index in [1.165, 1.54) is 179 Å². The topological polar surface area (TPSA) is 87.4 Å². The van der Waals surface area contributed by atoms with Crippen LogP contribution in [0.5, 0.6) is 11.5 Å². The van der Waals surface area contributed by atoms with E-state index in [-0.39, 0.29) is 11.5 Å². The molecular weight excluding hydrogens is 685 g/mol. The van der Waals surface area contributed by atoms with Gasteiger partial charge in [-0.3, -0.25) is 19.2 Å². The van der Waals surface area contributed by atoms with Crippen molar-refractivity contribution >= 4 is 12.6 Å². The minimum absolute atomic E-state index is 0.00649. The lowest BCUT2D eigenvalue weighted by Gasteiger charge is -2.14. The summed E-state index contributed by atoms with van der Waals surface area (Å²) in [5.74, 6) is 0.0130. The fourth-order valence-corrected chi connectivity index (χ4v) is 7.66. The molecule has 0 aromatic carbocycles. The van der Waals surface area contributed by atoms with Gasteiger partial charge in [0.1, 0.15) is 0 Å². The molecule has 0 fully saturated rings. The van der Waals surface area contributed by atoms with Crippen molar-refractivity contribution in [1.29, 1.82) is 0 Å². The summed E-state index contributed by atoms with van der Waals surface area (Å²) in [6.07, 6.45) is 45.8. The monoisotopic (exact) mass is 765 g/mol. The third kappa shape index (κ3) is 23.0. The maximum absolute atomic E-state index is 12.9. The Bertz CT molecular complexity index is 1280. The van der Waals surface area contributed by atoms with Crippen LogP contribution in [0.1, 0.15) is 240 Å². The predicted octanol–water partition coefficient (Wildman–Crippen LogP) is 14.0. The van der Waals surface area contributed by atoms with Crippen LogP contribution in [0.3, 0.4) is 0 Å². The number of carbonyl (C=O) groups is 2. The van der Waals surface area contributed by atoms with E-state index >= 15 is 0 Å². The van der Waals surface area contributed by atoms with Crippen molar-refractivity contribution in [3.05, 3.63) is 56.4 Å². The van der Waals surface area contributed by atoms with E-state index in [9.17, 15) is 19.2 Å². The highest BCUT2D eigenvalue weighted by atomic mass is 16.5. The molecule has 0 saturated carbocycles. The number of carbonyl (C=O) groups excluding carboxylic acids is 2. The Labute approximate surface area is 335 Å². The third-order valence-electron chi connectivity index (χ3n) is 11.2. The smallest absolute Gasteiger partial charge is 0.224 e. The van der Waals surface area contributed by atoms with Crippen molar-refractivity contribution in [2.75, 3.05) is 0 Å². The van der Waals surface area contributed by atoms with Crippen molar-refractivity contribution < 1.29 is 14.3 Å². The first-order chi connectivity index (χ1) is 27.0. The lowest BCUT2D eigenvalue weighted by Crippen LogP contribution is -2.18. The SMILES string of the molecule is CCCCCCCCCCCCCCCCCCn1cc(Oc2cn(CCCCCCCCCCCCCCCCCC)c(C=O)cc2=O)c(=O)cc1C=O. The summed E-state index contributed by atoms with van der Waals surface area (Å²) in [6.45, 7) is 5.73. The van der Waals surface area contributed by atoms with Gasteiger partial charge in [0.15, 0.2) is 24.1 Å².